The Morgan fingerprint density at radius 2 is 1.33 bits per heavy atom. The van der Waals surface area contributed by atoms with Crippen molar-refractivity contribution in [3.05, 3.63) is 0 Å². The first kappa shape index (κ1) is 17.2. The maximum absolute atomic E-state index is 8.56. The van der Waals surface area contributed by atoms with Crippen LogP contribution in [0, 0.1) is 0 Å². The van der Waals surface area contributed by atoms with E-state index < -0.39 is 6.16 Å². The minimum Gasteiger partial charge on any atom is -0.450 e. The van der Waals surface area contributed by atoms with Crippen LogP contribution >= 0.6 is 0 Å². The van der Waals surface area contributed by atoms with Crippen LogP contribution in [0.1, 0.15) is 0 Å². The second kappa shape index (κ2) is 8.83. The van der Waals surface area contributed by atoms with Crippen molar-refractivity contribution in [3.63, 3.8) is 0 Å². The van der Waals surface area contributed by atoms with Gasteiger partial charge in [-0.15, -0.1) is 0 Å². The Bertz CT molecular complexity index is 30.5. The first-order valence-electron chi connectivity index (χ1n) is 0.651. The van der Waals surface area contributed by atoms with Crippen molar-refractivity contribution in [2.24, 2.45) is 0 Å². The standard InChI is InChI=1S/CH2O3.Mn.O/c2-1(3)4;;/h(H2,2,3,4);;. The molecule has 0 amide bonds. The molecule has 2 N–H and O–H groups in total. The van der Waals surface area contributed by atoms with Gasteiger partial charge in [-0.1, -0.05) is 0 Å². The van der Waals surface area contributed by atoms with E-state index in [1.807, 2.05) is 0 Å². The van der Waals surface area contributed by atoms with Crippen LogP contribution in [0.5, 0.6) is 0 Å². The molecule has 0 rings (SSSR count). The van der Waals surface area contributed by atoms with Gasteiger partial charge in [0.05, 0.1) is 0 Å². The van der Waals surface area contributed by atoms with E-state index in [9.17, 15) is 0 Å². The van der Waals surface area contributed by atoms with Gasteiger partial charge >= 0.3 is 6.16 Å². The molecule has 0 aromatic rings. The molecular formula is CH2MnO4. The third-order valence-corrected chi connectivity index (χ3v) is 0. The Labute approximate surface area is 44.6 Å². The van der Waals surface area contributed by atoms with Crippen molar-refractivity contribution in [1.29, 1.82) is 0 Å². The molecule has 0 aliphatic rings. The van der Waals surface area contributed by atoms with Gasteiger partial charge in [0.25, 0.3) is 0 Å². The molecule has 5 heteroatoms. The van der Waals surface area contributed by atoms with Gasteiger partial charge in [0.2, 0.25) is 0 Å². The van der Waals surface area contributed by atoms with Gasteiger partial charge < -0.3 is 10.2 Å². The molecule has 0 saturated heterocycles. The molecule has 0 bridgehead atoms. The molecule has 4 nitrogen and oxygen atoms in total. The zero-order valence-electron chi connectivity index (χ0n) is 2.59. The summed E-state index contributed by atoms with van der Waals surface area (Å²) in [4.78, 5) is 8.56. The molecule has 3 radical (unpaired) electrons. The van der Waals surface area contributed by atoms with Gasteiger partial charge in [0.15, 0.2) is 0 Å². The maximum atomic E-state index is 8.56. The summed E-state index contributed by atoms with van der Waals surface area (Å²) in [5.74, 6) is 0. The van der Waals surface area contributed by atoms with Gasteiger partial charge in [-0.25, -0.2) is 4.79 Å². The summed E-state index contributed by atoms with van der Waals surface area (Å²) in [6.45, 7) is 0. The fourth-order valence-corrected chi connectivity index (χ4v) is 0. The molecule has 0 heterocycles. The predicted molar refractivity (Wildman–Crippen MR) is 11.3 cm³/mol. The van der Waals surface area contributed by atoms with Gasteiger partial charge in [0, 0.05) is 22.5 Å². The fourth-order valence-electron chi connectivity index (χ4n) is 0. The summed E-state index contributed by atoms with van der Waals surface area (Å²) in [5.41, 5.74) is 0. The summed E-state index contributed by atoms with van der Waals surface area (Å²) in [5, 5.41) is 13.9. The van der Waals surface area contributed by atoms with Crippen molar-refractivity contribution in [3.8, 4) is 0 Å². The van der Waals surface area contributed by atoms with Crippen molar-refractivity contribution in [1.82, 2.24) is 0 Å². The van der Waals surface area contributed by atoms with E-state index in [1.165, 1.54) is 0 Å². The number of hydrogen-bond donors (Lipinski definition) is 2. The van der Waals surface area contributed by atoms with E-state index in [0.717, 1.165) is 0 Å². The fraction of sp³-hybridized carbons (Fsp3) is 0. The summed E-state index contributed by atoms with van der Waals surface area (Å²) < 4.78 is 0. The Kier molecular flexibility index (Phi) is 25.3. The summed E-state index contributed by atoms with van der Waals surface area (Å²) in [6.07, 6.45) is -1.83. The maximum Gasteiger partial charge on any atom is 0.503 e. The number of hydrogen-bond acceptors (Lipinski definition) is 1. The Morgan fingerprint density at radius 3 is 1.33 bits per heavy atom. The largest absolute Gasteiger partial charge is 0.503 e. The van der Waals surface area contributed by atoms with Gasteiger partial charge in [-0.3, -0.25) is 0 Å². The monoisotopic (exact) mass is 133 g/mol. The molecule has 0 fully saturated rings. The first-order valence-corrected chi connectivity index (χ1v) is 0.651. The predicted octanol–water partition coefficient (Wildman–Crippen LogP) is 0.101. The minimum atomic E-state index is -1.83. The number of rotatable bonds is 0. The van der Waals surface area contributed by atoms with Gasteiger partial charge in [-0.05, 0) is 0 Å². The smallest absolute Gasteiger partial charge is 0.450 e. The minimum absolute atomic E-state index is 0. The third-order valence-electron chi connectivity index (χ3n) is 0. The second-order valence-electron chi connectivity index (χ2n) is 0.283. The van der Waals surface area contributed by atoms with Crippen LogP contribution in [0.25, 0.3) is 0 Å². The number of carbonyl (C=O) groups is 1. The van der Waals surface area contributed by atoms with Crippen LogP contribution in [0.4, 0.5) is 4.79 Å². The number of carboxylic acid groups (broad SMARTS) is 2. The van der Waals surface area contributed by atoms with E-state index in [-0.39, 0.29) is 22.5 Å². The Balaban J connectivity index is -0.0000000450. The molecule has 0 spiro atoms. The van der Waals surface area contributed by atoms with E-state index >= 15 is 0 Å². The quantitative estimate of drug-likeness (QED) is 0.459. The molecule has 37 valence electrons. The summed E-state index contributed by atoms with van der Waals surface area (Å²) in [6, 6.07) is 0. The van der Waals surface area contributed by atoms with E-state index in [2.05, 4.69) is 0 Å². The van der Waals surface area contributed by atoms with E-state index in [0.29, 0.717) is 0 Å². The van der Waals surface area contributed by atoms with Crippen LogP contribution in [0.3, 0.4) is 0 Å². The average molecular weight is 133 g/mol. The summed E-state index contributed by atoms with van der Waals surface area (Å²) in [7, 11) is 0. The molecular weight excluding hydrogens is 131 g/mol. The molecule has 0 saturated carbocycles. The molecule has 0 aliphatic heterocycles. The van der Waals surface area contributed by atoms with Crippen LogP contribution in [0.15, 0.2) is 0 Å². The van der Waals surface area contributed by atoms with Crippen molar-refractivity contribution >= 4 is 6.16 Å². The molecule has 6 heavy (non-hydrogen) atoms. The molecule has 0 unspecified atom stereocenters. The van der Waals surface area contributed by atoms with E-state index in [4.69, 9.17) is 15.0 Å². The van der Waals surface area contributed by atoms with Crippen LogP contribution in [-0.4, -0.2) is 16.4 Å². The first-order chi connectivity index (χ1) is 1.73. The molecule has 0 aliphatic carbocycles. The average Bonchev–Trinajstić information content (AvgIpc) is 0.811. The Hall–Kier alpha value is -0.251. The Morgan fingerprint density at radius 1 is 1.33 bits per heavy atom. The topological polar surface area (TPSA) is 86.0 Å². The van der Waals surface area contributed by atoms with Gasteiger partial charge in [-0.2, -0.15) is 0 Å². The molecule has 0 aromatic heterocycles. The van der Waals surface area contributed by atoms with Crippen LogP contribution < -0.4 is 0 Å². The van der Waals surface area contributed by atoms with Crippen molar-refractivity contribution < 1.29 is 37.6 Å². The van der Waals surface area contributed by atoms with Crippen molar-refractivity contribution in [2.75, 3.05) is 0 Å². The second-order valence-corrected chi connectivity index (χ2v) is 0.283. The van der Waals surface area contributed by atoms with Crippen LogP contribution in [0.2, 0.25) is 0 Å². The van der Waals surface area contributed by atoms with Crippen molar-refractivity contribution in [2.45, 2.75) is 0 Å². The zero-order valence-corrected chi connectivity index (χ0v) is 3.77. The van der Waals surface area contributed by atoms with E-state index in [1.54, 1.807) is 0 Å². The molecule has 0 aromatic carbocycles. The third kappa shape index (κ3) is 452. The normalized spacial score (nSPS) is 4.00. The van der Waals surface area contributed by atoms with Crippen LogP contribution in [-0.2, 0) is 22.5 Å². The van der Waals surface area contributed by atoms with Gasteiger partial charge in [0.1, 0.15) is 0 Å². The summed E-state index contributed by atoms with van der Waals surface area (Å²) >= 11 is 0. The molecule has 0 atom stereocenters. The SMILES string of the molecule is O=C(O)O.[Mn].[O]. The zero-order chi connectivity index (χ0) is 3.58.